The van der Waals surface area contributed by atoms with Crippen molar-refractivity contribution in [3.63, 3.8) is 0 Å². The number of ether oxygens (including phenoxy) is 2. The van der Waals surface area contributed by atoms with E-state index in [0.29, 0.717) is 17.1 Å². The molecule has 1 spiro atoms. The van der Waals surface area contributed by atoms with E-state index in [9.17, 15) is 0 Å². The van der Waals surface area contributed by atoms with Crippen molar-refractivity contribution in [2.24, 2.45) is 10.9 Å². The van der Waals surface area contributed by atoms with Gasteiger partial charge >= 0.3 is 0 Å². The molecule has 5 heteroatoms. The lowest BCUT2D eigenvalue weighted by atomic mass is 9.70. The first kappa shape index (κ1) is 18.4. The average Bonchev–Trinajstić information content (AvgIpc) is 2.95. The number of allylic oxidation sites excluding steroid dienone is 3. The van der Waals surface area contributed by atoms with E-state index in [1.165, 1.54) is 17.7 Å². The zero-order chi connectivity index (χ0) is 16.7. The van der Waals surface area contributed by atoms with Crippen molar-refractivity contribution in [2.45, 2.75) is 35.7 Å². The summed E-state index contributed by atoms with van der Waals surface area (Å²) in [4.78, 5) is 4.87. The van der Waals surface area contributed by atoms with Crippen LogP contribution in [0.1, 0.15) is 31.2 Å². The first-order valence-electron chi connectivity index (χ1n) is 8.49. The summed E-state index contributed by atoms with van der Waals surface area (Å²) in [5.41, 5.74) is 2.52. The number of nitrogens with zero attached hydrogens (tertiary/aromatic N) is 1. The van der Waals surface area contributed by atoms with Gasteiger partial charge in [-0.25, -0.2) is 0 Å². The molecule has 1 aromatic rings. The van der Waals surface area contributed by atoms with Gasteiger partial charge in [-0.15, -0.1) is 24.2 Å². The molecular weight excluding hydrogens is 354 g/mol. The fourth-order valence-corrected chi connectivity index (χ4v) is 6.25. The highest BCUT2D eigenvalue weighted by atomic mass is 35.5. The summed E-state index contributed by atoms with van der Waals surface area (Å²) in [6, 6.07) is 6.28. The number of benzene rings is 1. The van der Waals surface area contributed by atoms with Crippen molar-refractivity contribution >= 4 is 30.4 Å². The summed E-state index contributed by atoms with van der Waals surface area (Å²) in [7, 11) is 3.37. The van der Waals surface area contributed by atoms with Crippen LogP contribution >= 0.6 is 24.2 Å². The molecule has 2 aliphatic heterocycles. The summed E-state index contributed by atoms with van der Waals surface area (Å²) in [5, 5.41) is 0.661. The molecule has 4 atom stereocenters. The molecule has 0 amide bonds. The Morgan fingerprint density at radius 1 is 1.20 bits per heavy atom. The predicted molar refractivity (Wildman–Crippen MR) is 108 cm³/mol. The fraction of sp³-hybridized carbons (Fsp3) is 0.450. The molecule has 3 nitrogen and oxygen atoms in total. The van der Waals surface area contributed by atoms with Crippen molar-refractivity contribution in [3.8, 4) is 11.5 Å². The minimum atomic E-state index is 0. The van der Waals surface area contributed by atoms with E-state index in [0.717, 1.165) is 17.9 Å². The molecule has 0 bridgehead atoms. The molecule has 2 heterocycles. The molecule has 0 N–H and O–H groups in total. The quantitative estimate of drug-likeness (QED) is 0.741. The standard InChI is InChI=1S/C20H23NO2S.ClH/c1-13-10-16-15(14-7-8-17(22-2)18(11-14)23-3)12-21-19-6-4-5-9-20(16,19)24-13;/h4-8,11-13,15-16H,9-10H2,1-3H3;1H. The summed E-state index contributed by atoms with van der Waals surface area (Å²) >= 11 is 2.11. The van der Waals surface area contributed by atoms with Crippen LogP contribution in [0.25, 0.3) is 0 Å². The smallest absolute Gasteiger partial charge is 0.161 e. The van der Waals surface area contributed by atoms with Crippen molar-refractivity contribution in [2.75, 3.05) is 14.2 Å². The van der Waals surface area contributed by atoms with E-state index in [2.05, 4.69) is 55.3 Å². The third kappa shape index (κ3) is 2.89. The molecule has 25 heavy (non-hydrogen) atoms. The van der Waals surface area contributed by atoms with Gasteiger partial charge in [0.1, 0.15) is 0 Å². The Balaban J connectivity index is 0.00000182. The molecule has 1 aliphatic carbocycles. The van der Waals surface area contributed by atoms with E-state index in [1.807, 2.05) is 6.07 Å². The molecule has 134 valence electrons. The maximum atomic E-state index is 5.51. The van der Waals surface area contributed by atoms with Gasteiger partial charge in [0.2, 0.25) is 0 Å². The molecule has 0 aromatic heterocycles. The molecule has 4 rings (SSSR count). The van der Waals surface area contributed by atoms with Crippen molar-refractivity contribution < 1.29 is 9.47 Å². The molecule has 4 unspecified atom stereocenters. The number of rotatable bonds is 3. The Hall–Kier alpha value is -1.39. The van der Waals surface area contributed by atoms with Gasteiger partial charge in [0.05, 0.1) is 24.7 Å². The summed E-state index contributed by atoms with van der Waals surface area (Å²) in [6.45, 7) is 2.35. The van der Waals surface area contributed by atoms with Gasteiger partial charge in [-0.1, -0.05) is 25.1 Å². The first-order valence-corrected chi connectivity index (χ1v) is 9.37. The Labute approximate surface area is 160 Å². The molecule has 1 saturated heterocycles. The minimum Gasteiger partial charge on any atom is -0.493 e. The van der Waals surface area contributed by atoms with E-state index in [-0.39, 0.29) is 17.2 Å². The maximum Gasteiger partial charge on any atom is 0.161 e. The number of hydrogen-bond acceptors (Lipinski definition) is 4. The Kier molecular flexibility index (Phi) is 5.21. The van der Waals surface area contributed by atoms with E-state index in [4.69, 9.17) is 14.5 Å². The van der Waals surface area contributed by atoms with Crippen LogP contribution in [0.2, 0.25) is 0 Å². The van der Waals surface area contributed by atoms with Gasteiger partial charge in [-0.3, -0.25) is 4.99 Å². The van der Waals surface area contributed by atoms with Crippen LogP contribution in [0, 0.1) is 5.92 Å². The zero-order valence-corrected chi connectivity index (χ0v) is 16.4. The topological polar surface area (TPSA) is 30.8 Å². The molecule has 1 fully saturated rings. The average molecular weight is 378 g/mol. The second-order valence-electron chi connectivity index (χ2n) is 6.76. The number of hydrogen-bond donors (Lipinski definition) is 0. The minimum absolute atomic E-state index is 0. The van der Waals surface area contributed by atoms with Gasteiger partial charge in [-0.2, -0.15) is 0 Å². The number of methoxy groups -OCH3 is 2. The lowest BCUT2D eigenvalue weighted by Gasteiger charge is -2.42. The Morgan fingerprint density at radius 2 is 2.00 bits per heavy atom. The highest BCUT2D eigenvalue weighted by Crippen LogP contribution is 2.60. The van der Waals surface area contributed by atoms with Crippen molar-refractivity contribution in [1.82, 2.24) is 0 Å². The maximum absolute atomic E-state index is 5.51. The van der Waals surface area contributed by atoms with E-state index in [1.54, 1.807) is 14.2 Å². The summed E-state index contributed by atoms with van der Waals surface area (Å²) in [5.74, 6) is 2.47. The number of thioether (sulfide) groups is 1. The highest BCUT2D eigenvalue weighted by Gasteiger charge is 2.53. The third-order valence-electron chi connectivity index (χ3n) is 5.44. The van der Waals surface area contributed by atoms with E-state index >= 15 is 0 Å². The van der Waals surface area contributed by atoms with Gasteiger partial charge in [0, 0.05) is 17.4 Å². The van der Waals surface area contributed by atoms with Crippen LogP contribution in [0.3, 0.4) is 0 Å². The third-order valence-corrected chi connectivity index (χ3v) is 7.14. The van der Waals surface area contributed by atoms with Gasteiger partial charge in [0.15, 0.2) is 11.5 Å². The van der Waals surface area contributed by atoms with Crippen LogP contribution in [0.5, 0.6) is 11.5 Å². The van der Waals surface area contributed by atoms with E-state index < -0.39 is 0 Å². The lowest BCUT2D eigenvalue weighted by molar-refractivity contribution is 0.352. The van der Waals surface area contributed by atoms with Crippen LogP contribution in [0.4, 0.5) is 0 Å². The van der Waals surface area contributed by atoms with Crippen LogP contribution in [-0.2, 0) is 0 Å². The van der Waals surface area contributed by atoms with Crippen LogP contribution < -0.4 is 9.47 Å². The number of aliphatic imine (C=N–C) groups is 1. The van der Waals surface area contributed by atoms with Crippen molar-refractivity contribution in [3.05, 3.63) is 47.7 Å². The lowest BCUT2D eigenvalue weighted by Crippen LogP contribution is -2.40. The van der Waals surface area contributed by atoms with Crippen LogP contribution in [0.15, 0.2) is 47.1 Å². The number of halogens is 1. The highest BCUT2D eigenvalue weighted by molar-refractivity contribution is 8.01. The fourth-order valence-electron chi connectivity index (χ4n) is 4.37. The largest absolute Gasteiger partial charge is 0.493 e. The summed E-state index contributed by atoms with van der Waals surface area (Å²) in [6.07, 6.45) is 11.1. The molecule has 0 radical (unpaired) electrons. The predicted octanol–water partition coefficient (Wildman–Crippen LogP) is 5.02. The molecule has 0 saturated carbocycles. The monoisotopic (exact) mass is 377 g/mol. The van der Waals surface area contributed by atoms with Crippen LogP contribution in [-0.4, -0.2) is 30.4 Å². The first-order chi connectivity index (χ1) is 11.7. The van der Waals surface area contributed by atoms with Gasteiger partial charge in [0.25, 0.3) is 0 Å². The SMILES string of the molecule is COc1ccc(C2C=NC3=CC=CCC34SC(C)CC24)cc1OC.Cl. The molecule has 3 aliphatic rings. The second-order valence-corrected chi connectivity index (χ2v) is 8.53. The molecule has 1 aromatic carbocycles. The zero-order valence-electron chi connectivity index (χ0n) is 14.8. The molecular formula is C20H24ClNO2S. The van der Waals surface area contributed by atoms with Crippen molar-refractivity contribution in [1.29, 1.82) is 0 Å². The second kappa shape index (κ2) is 7.08. The Morgan fingerprint density at radius 3 is 2.76 bits per heavy atom. The van der Waals surface area contributed by atoms with Gasteiger partial charge in [-0.05, 0) is 42.5 Å². The normalized spacial score (nSPS) is 32.3. The summed E-state index contributed by atoms with van der Waals surface area (Å²) < 4.78 is 11.0. The Bertz CT molecular complexity index is 745. The van der Waals surface area contributed by atoms with Gasteiger partial charge < -0.3 is 9.47 Å².